The summed E-state index contributed by atoms with van der Waals surface area (Å²) in [4.78, 5) is 2.34. The van der Waals surface area contributed by atoms with Gasteiger partial charge in [-0.1, -0.05) is 193 Å². The van der Waals surface area contributed by atoms with Crippen molar-refractivity contribution in [1.29, 1.82) is 0 Å². The summed E-state index contributed by atoms with van der Waals surface area (Å²) in [6.07, 6.45) is 10.9. The van der Waals surface area contributed by atoms with Gasteiger partial charge in [0.15, 0.2) is 0 Å². The highest BCUT2D eigenvalue weighted by Crippen LogP contribution is 2.38. The molecule has 0 amide bonds. The topological polar surface area (TPSA) is 3.24 Å². The second kappa shape index (κ2) is 18.1. The van der Waals surface area contributed by atoms with Crippen LogP contribution in [0.15, 0.2) is 170 Å². The Bertz CT molecular complexity index is 2180. The van der Waals surface area contributed by atoms with Crippen molar-refractivity contribution in [2.24, 2.45) is 5.92 Å². The van der Waals surface area contributed by atoms with E-state index in [9.17, 15) is 0 Å². The maximum atomic E-state index is 2.42. The van der Waals surface area contributed by atoms with Gasteiger partial charge in [0.2, 0.25) is 0 Å². The van der Waals surface area contributed by atoms with Crippen LogP contribution in [0.3, 0.4) is 0 Å². The number of rotatable bonds is 10. The van der Waals surface area contributed by atoms with E-state index in [0.717, 1.165) is 23.0 Å². The smallest absolute Gasteiger partial charge is 0.0462 e. The summed E-state index contributed by atoms with van der Waals surface area (Å²) in [5.41, 5.74) is 12.4. The number of anilines is 3. The third-order valence-corrected chi connectivity index (χ3v) is 11.0. The van der Waals surface area contributed by atoms with Crippen LogP contribution in [0.1, 0.15) is 83.6 Å². The minimum atomic E-state index is 0.710. The van der Waals surface area contributed by atoms with E-state index in [2.05, 4.69) is 196 Å². The van der Waals surface area contributed by atoms with Gasteiger partial charge in [0.25, 0.3) is 0 Å². The highest BCUT2D eigenvalue weighted by molar-refractivity contribution is 5.96. The first-order chi connectivity index (χ1) is 26.6. The van der Waals surface area contributed by atoms with Crippen LogP contribution in [0.4, 0.5) is 17.1 Å². The normalized spacial score (nSPS) is 13.0. The summed E-state index contributed by atoms with van der Waals surface area (Å²) >= 11 is 0. The molecule has 0 saturated heterocycles. The van der Waals surface area contributed by atoms with Gasteiger partial charge in [-0.25, -0.2) is 0 Å². The molecule has 1 saturated carbocycles. The molecule has 272 valence electrons. The Morgan fingerprint density at radius 3 is 1.67 bits per heavy atom. The van der Waals surface area contributed by atoms with Crippen molar-refractivity contribution in [2.75, 3.05) is 4.90 Å². The van der Waals surface area contributed by atoms with Crippen molar-refractivity contribution >= 4 is 27.8 Å². The fourth-order valence-electron chi connectivity index (χ4n) is 7.97. The molecular weight excluding hydrogens is 651 g/mol. The van der Waals surface area contributed by atoms with E-state index in [1.165, 1.54) is 101 Å². The Balaban J connectivity index is 0.000000588. The van der Waals surface area contributed by atoms with Crippen molar-refractivity contribution in [2.45, 2.75) is 78.1 Å². The Kier molecular flexibility index (Phi) is 12.4. The van der Waals surface area contributed by atoms with Gasteiger partial charge in [-0.05, 0) is 111 Å². The Hall–Kier alpha value is -5.40. The summed E-state index contributed by atoms with van der Waals surface area (Å²) in [6.45, 7) is 6.79. The molecule has 7 aromatic rings. The van der Waals surface area contributed by atoms with Gasteiger partial charge in [-0.3, -0.25) is 0 Å². The van der Waals surface area contributed by atoms with Crippen molar-refractivity contribution in [3.8, 4) is 33.4 Å². The van der Waals surface area contributed by atoms with E-state index >= 15 is 0 Å². The molecule has 1 aliphatic rings. The monoisotopic (exact) mass is 705 g/mol. The minimum absolute atomic E-state index is 0.710. The van der Waals surface area contributed by atoms with Gasteiger partial charge in [-0.2, -0.15) is 0 Å². The summed E-state index contributed by atoms with van der Waals surface area (Å²) in [5.74, 6) is 1.61. The van der Waals surface area contributed by atoms with E-state index in [4.69, 9.17) is 0 Å². The molecule has 8 rings (SSSR count). The third kappa shape index (κ3) is 9.03. The first-order valence-electron chi connectivity index (χ1n) is 20.3. The number of fused-ring (bicyclic) bond motifs is 1. The molecule has 1 nitrogen and oxygen atoms in total. The van der Waals surface area contributed by atoms with E-state index in [1.807, 2.05) is 0 Å². The lowest BCUT2D eigenvalue weighted by Crippen LogP contribution is -2.09. The van der Waals surface area contributed by atoms with Crippen molar-refractivity contribution < 1.29 is 0 Å². The molecule has 0 unspecified atom stereocenters. The van der Waals surface area contributed by atoms with Crippen molar-refractivity contribution in [1.82, 2.24) is 0 Å². The van der Waals surface area contributed by atoms with E-state index in [1.54, 1.807) is 0 Å². The second-order valence-electron chi connectivity index (χ2n) is 15.4. The predicted octanol–water partition coefficient (Wildman–Crippen LogP) is 16.2. The maximum absolute atomic E-state index is 2.42. The number of hydrogen-bond donors (Lipinski definition) is 0. The van der Waals surface area contributed by atoms with Crippen LogP contribution in [-0.2, 0) is 0 Å². The number of benzene rings is 7. The molecule has 0 aromatic heterocycles. The minimum Gasteiger partial charge on any atom is -0.311 e. The molecule has 54 heavy (non-hydrogen) atoms. The van der Waals surface area contributed by atoms with Crippen LogP contribution in [0.2, 0.25) is 0 Å². The zero-order chi connectivity index (χ0) is 37.1. The number of nitrogens with zero attached hydrogens (tertiary/aromatic N) is 1. The van der Waals surface area contributed by atoms with Crippen LogP contribution in [0.25, 0.3) is 44.2 Å². The third-order valence-electron chi connectivity index (χ3n) is 11.0. The maximum Gasteiger partial charge on any atom is 0.0462 e. The average Bonchev–Trinajstić information content (AvgIpc) is 3.24. The molecule has 0 N–H and O–H groups in total. The van der Waals surface area contributed by atoms with Gasteiger partial charge in [0.1, 0.15) is 0 Å². The second-order valence-corrected chi connectivity index (χ2v) is 15.4. The Morgan fingerprint density at radius 1 is 0.500 bits per heavy atom. The molecule has 0 radical (unpaired) electrons. The SMILES string of the molecule is CCCCC(C)C.c1ccc(N(c2ccc(-c3ccc(-c4cccc5ccccc45)cc3)cc2)c2ccc(-c3cccc(C4CCCCC4)c3)cc2)cc1. The number of unbranched alkanes of at least 4 members (excludes halogenated alkanes) is 1. The highest BCUT2D eigenvalue weighted by Gasteiger charge is 2.17. The molecule has 0 aliphatic heterocycles. The van der Waals surface area contributed by atoms with Gasteiger partial charge in [-0.15, -0.1) is 0 Å². The number of hydrogen-bond acceptors (Lipinski definition) is 1. The van der Waals surface area contributed by atoms with Crippen LogP contribution in [0, 0.1) is 5.92 Å². The molecule has 0 spiro atoms. The number of para-hydroxylation sites is 1. The van der Waals surface area contributed by atoms with Crippen LogP contribution < -0.4 is 4.90 Å². The Labute approximate surface area is 324 Å². The zero-order valence-corrected chi connectivity index (χ0v) is 32.4. The molecule has 0 heterocycles. The largest absolute Gasteiger partial charge is 0.311 e. The lowest BCUT2D eigenvalue weighted by atomic mass is 9.83. The highest BCUT2D eigenvalue weighted by atomic mass is 15.1. The summed E-state index contributed by atoms with van der Waals surface area (Å²) in [7, 11) is 0. The van der Waals surface area contributed by atoms with Crippen molar-refractivity contribution in [3.05, 3.63) is 175 Å². The van der Waals surface area contributed by atoms with Gasteiger partial charge < -0.3 is 4.90 Å². The summed E-state index contributed by atoms with van der Waals surface area (Å²) in [6, 6.07) is 62.0. The molecule has 1 aliphatic carbocycles. The fraction of sp³-hybridized carbons (Fsp3) is 0.245. The first kappa shape index (κ1) is 36.9. The molecule has 0 bridgehead atoms. The van der Waals surface area contributed by atoms with E-state index in [-0.39, 0.29) is 0 Å². The lowest BCUT2D eigenvalue weighted by Gasteiger charge is -2.26. The Morgan fingerprint density at radius 2 is 1.04 bits per heavy atom. The summed E-state index contributed by atoms with van der Waals surface area (Å²) in [5, 5.41) is 2.56. The quantitative estimate of drug-likeness (QED) is 0.137. The molecule has 7 aromatic carbocycles. The van der Waals surface area contributed by atoms with E-state index in [0.29, 0.717) is 5.92 Å². The molecule has 1 heteroatoms. The fourth-order valence-corrected chi connectivity index (χ4v) is 7.97. The van der Waals surface area contributed by atoms with Crippen LogP contribution >= 0.6 is 0 Å². The molecular formula is C53H55N. The van der Waals surface area contributed by atoms with Crippen LogP contribution in [-0.4, -0.2) is 0 Å². The van der Waals surface area contributed by atoms with Crippen LogP contribution in [0.5, 0.6) is 0 Å². The first-order valence-corrected chi connectivity index (χ1v) is 20.3. The van der Waals surface area contributed by atoms with Gasteiger partial charge >= 0.3 is 0 Å². The van der Waals surface area contributed by atoms with E-state index < -0.39 is 0 Å². The molecule has 0 atom stereocenters. The summed E-state index contributed by atoms with van der Waals surface area (Å²) < 4.78 is 0. The molecule has 1 fully saturated rings. The zero-order valence-electron chi connectivity index (χ0n) is 32.4. The van der Waals surface area contributed by atoms with Gasteiger partial charge in [0.05, 0.1) is 0 Å². The average molecular weight is 706 g/mol. The van der Waals surface area contributed by atoms with Crippen molar-refractivity contribution in [3.63, 3.8) is 0 Å². The van der Waals surface area contributed by atoms with Gasteiger partial charge in [0, 0.05) is 17.1 Å². The lowest BCUT2D eigenvalue weighted by molar-refractivity contribution is 0.444. The standard InChI is InChI=1S/C46H39N.C7H16/c1-3-11-34(12-4-1)40-15-9-16-41(33-40)37-27-31-44(32-28-37)47(42-17-5-2-6-18-42)43-29-25-36(26-30-43)35-21-23-39(24-22-35)46-20-10-14-38-13-7-8-19-45(38)46;1-4-5-6-7(2)3/h2,5-10,13-34H,1,3-4,11-12H2;7H,4-6H2,1-3H3. The predicted molar refractivity (Wildman–Crippen MR) is 235 cm³/mol.